The molecule has 0 aliphatic carbocycles. The van der Waals surface area contributed by atoms with Gasteiger partial charge in [-0.1, -0.05) is 0 Å². The Morgan fingerprint density at radius 2 is 2.33 bits per heavy atom. The fourth-order valence-corrected chi connectivity index (χ4v) is 3.10. The molecular formula is C11H12ClN3OS2. The molecule has 0 aromatic carbocycles. The minimum atomic E-state index is -0.0294. The van der Waals surface area contributed by atoms with Gasteiger partial charge in [-0.2, -0.15) is 0 Å². The number of halogens is 1. The Morgan fingerprint density at radius 1 is 1.50 bits per heavy atom. The molecule has 2 rings (SSSR count). The molecule has 2 heterocycles. The van der Waals surface area contributed by atoms with Gasteiger partial charge >= 0.3 is 0 Å². The van der Waals surface area contributed by atoms with Crippen molar-refractivity contribution in [1.82, 2.24) is 15.3 Å². The van der Waals surface area contributed by atoms with E-state index in [1.807, 2.05) is 12.3 Å². The molecule has 96 valence electrons. The summed E-state index contributed by atoms with van der Waals surface area (Å²) in [5.74, 6) is 0.358. The molecule has 1 N–H and O–H groups in total. The molecule has 1 amide bonds. The van der Waals surface area contributed by atoms with E-state index in [9.17, 15) is 4.79 Å². The summed E-state index contributed by atoms with van der Waals surface area (Å²) in [5.41, 5.74) is 3.58. The Morgan fingerprint density at radius 3 is 2.94 bits per heavy atom. The van der Waals surface area contributed by atoms with E-state index in [-0.39, 0.29) is 5.91 Å². The van der Waals surface area contributed by atoms with Gasteiger partial charge in [0, 0.05) is 10.3 Å². The Kier molecular flexibility index (Phi) is 4.68. The molecule has 0 bridgehead atoms. The highest BCUT2D eigenvalue weighted by Crippen LogP contribution is 2.13. The van der Waals surface area contributed by atoms with Crippen LogP contribution in [0.25, 0.3) is 0 Å². The molecule has 0 spiro atoms. The van der Waals surface area contributed by atoms with Crippen LogP contribution in [-0.4, -0.2) is 15.9 Å². The van der Waals surface area contributed by atoms with Gasteiger partial charge in [-0.3, -0.25) is 4.79 Å². The van der Waals surface area contributed by atoms with Crippen LogP contribution in [0.2, 0.25) is 0 Å². The summed E-state index contributed by atoms with van der Waals surface area (Å²) in [4.78, 5) is 21.2. The highest BCUT2D eigenvalue weighted by molar-refractivity contribution is 7.10. The van der Waals surface area contributed by atoms with E-state index in [0.29, 0.717) is 18.8 Å². The van der Waals surface area contributed by atoms with Crippen LogP contribution < -0.4 is 5.32 Å². The molecule has 0 saturated carbocycles. The fraction of sp³-hybridized carbons (Fsp3) is 0.364. The molecule has 0 aliphatic heterocycles. The van der Waals surface area contributed by atoms with Crippen molar-refractivity contribution in [2.24, 2.45) is 0 Å². The summed E-state index contributed by atoms with van der Waals surface area (Å²) in [6, 6.07) is 0. The largest absolute Gasteiger partial charge is 0.351 e. The molecule has 4 nitrogen and oxygen atoms in total. The maximum atomic E-state index is 11.7. The van der Waals surface area contributed by atoms with Crippen molar-refractivity contribution in [3.8, 4) is 0 Å². The van der Waals surface area contributed by atoms with Crippen LogP contribution >= 0.6 is 34.3 Å². The first kappa shape index (κ1) is 13.5. The molecular weight excluding hydrogens is 290 g/mol. The molecule has 2 aromatic heterocycles. The lowest BCUT2D eigenvalue weighted by atomic mass is 10.3. The predicted molar refractivity (Wildman–Crippen MR) is 74.1 cm³/mol. The zero-order chi connectivity index (χ0) is 13.0. The van der Waals surface area contributed by atoms with E-state index in [2.05, 4.69) is 15.3 Å². The van der Waals surface area contributed by atoms with Gasteiger partial charge in [-0.05, 0) is 6.92 Å². The SMILES string of the molecule is Cc1ncsc1CNC(=O)Cc1nc(CCl)cs1. The van der Waals surface area contributed by atoms with E-state index >= 15 is 0 Å². The number of carbonyl (C=O) groups excluding carboxylic acids is 1. The van der Waals surface area contributed by atoms with Crippen molar-refractivity contribution in [3.63, 3.8) is 0 Å². The second-order valence-electron chi connectivity index (χ2n) is 3.68. The summed E-state index contributed by atoms with van der Waals surface area (Å²) in [6.07, 6.45) is 0.305. The Balaban J connectivity index is 1.84. The molecule has 0 fully saturated rings. The molecule has 18 heavy (non-hydrogen) atoms. The first-order valence-electron chi connectivity index (χ1n) is 5.34. The molecule has 7 heteroatoms. The number of amides is 1. The standard InChI is InChI=1S/C11H12ClN3OS2/c1-7-9(18-6-14-7)4-13-10(16)2-11-15-8(3-12)5-17-11/h5-6H,2-4H2,1H3,(H,13,16). The van der Waals surface area contributed by atoms with E-state index in [0.717, 1.165) is 21.3 Å². The van der Waals surface area contributed by atoms with Crippen LogP contribution in [0.15, 0.2) is 10.9 Å². The maximum Gasteiger partial charge on any atom is 0.227 e. The molecule has 2 aromatic rings. The van der Waals surface area contributed by atoms with Gasteiger partial charge in [0.2, 0.25) is 5.91 Å². The molecule has 0 saturated heterocycles. The minimum Gasteiger partial charge on any atom is -0.351 e. The lowest BCUT2D eigenvalue weighted by molar-refractivity contribution is -0.120. The van der Waals surface area contributed by atoms with Gasteiger partial charge < -0.3 is 5.32 Å². The van der Waals surface area contributed by atoms with Crippen molar-refractivity contribution in [1.29, 1.82) is 0 Å². The van der Waals surface area contributed by atoms with Gasteiger partial charge in [0.1, 0.15) is 5.01 Å². The number of thiazole rings is 2. The van der Waals surface area contributed by atoms with Crippen molar-refractivity contribution < 1.29 is 4.79 Å². The Labute approximate surface area is 118 Å². The average Bonchev–Trinajstić information content (AvgIpc) is 2.96. The Bertz CT molecular complexity index is 538. The molecule has 0 radical (unpaired) electrons. The number of alkyl halides is 1. The van der Waals surface area contributed by atoms with Crippen molar-refractivity contribution in [3.05, 3.63) is 32.2 Å². The number of hydrogen-bond donors (Lipinski definition) is 1. The number of rotatable bonds is 5. The van der Waals surface area contributed by atoms with Crippen molar-refractivity contribution in [2.45, 2.75) is 25.8 Å². The summed E-state index contributed by atoms with van der Waals surface area (Å²) < 4.78 is 0. The monoisotopic (exact) mass is 301 g/mol. The van der Waals surface area contributed by atoms with Crippen LogP contribution in [0, 0.1) is 6.92 Å². The molecule has 0 aliphatic rings. The summed E-state index contributed by atoms with van der Waals surface area (Å²) in [6.45, 7) is 2.47. The third kappa shape index (κ3) is 3.51. The van der Waals surface area contributed by atoms with Gasteiger partial charge in [0.25, 0.3) is 0 Å². The number of hydrogen-bond acceptors (Lipinski definition) is 5. The topological polar surface area (TPSA) is 54.9 Å². The predicted octanol–water partition coefficient (Wildman–Crippen LogP) is 2.51. The maximum absolute atomic E-state index is 11.7. The highest BCUT2D eigenvalue weighted by atomic mass is 35.5. The van der Waals surface area contributed by atoms with E-state index < -0.39 is 0 Å². The van der Waals surface area contributed by atoms with Gasteiger partial charge in [-0.25, -0.2) is 9.97 Å². The second-order valence-corrected chi connectivity index (χ2v) is 5.83. The smallest absolute Gasteiger partial charge is 0.227 e. The van der Waals surface area contributed by atoms with Crippen LogP contribution in [0.3, 0.4) is 0 Å². The minimum absolute atomic E-state index is 0.0294. The summed E-state index contributed by atoms with van der Waals surface area (Å²) >= 11 is 8.67. The van der Waals surface area contributed by atoms with Crippen molar-refractivity contribution in [2.75, 3.05) is 0 Å². The number of carbonyl (C=O) groups is 1. The zero-order valence-electron chi connectivity index (χ0n) is 9.77. The quantitative estimate of drug-likeness (QED) is 0.863. The van der Waals surface area contributed by atoms with E-state index in [4.69, 9.17) is 11.6 Å². The first-order valence-corrected chi connectivity index (χ1v) is 7.63. The number of aromatic nitrogens is 2. The first-order chi connectivity index (χ1) is 8.69. The van der Waals surface area contributed by atoms with Crippen molar-refractivity contribution >= 4 is 40.2 Å². The average molecular weight is 302 g/mol. The number of nitrogens with zero attached hydrogens (tertiary/aromatic N) is 2. The van der Waals surface area contributed by atoms with E-state index in [1.165, 1.54) is 11.3 Å². The van der Waals surface area contributed by atoms with Crippen LogP contribution in [0.1, 0.15) is 21.3 Å². The third-order valence-electron chi connectivity index (χ3n) is 2.34. The third-order valence-corrected chi connectivity index (χ3v) is 4.45. The Hall–Kier alpha value is -0.980. The van der Waals surface area contributed by atoms with E-state index in [1.54, 1.807) is 16.8 Å². The van der Waals surface area contributed by atoms with Crippen LogP contribution in [-0.2, 0) is 23.6 Å². The van der Waals surface area contributed by atoms with Gasteiger partial charge in [0.05, 0.1) is 35.7 Å². The second kappa shape index (κ2) is 6.26. The zero-order valence-corrected chi connectivity index (χ0v) is 12.2. The lowest BCUT2D eigenvalue weighted by Crippen LogP contribution is -2.24. The fourth-order valence-electron chi connectivity index (χ4n) is 1.37. The number of nitrogens with one attached hydrogen (secondary N) is 1. The highest BCUT2D eigenvalue weighted by Gasteiger charge is 2.08. The molecule has 0 unspecified atom stereocenters. The van der Waals surface area contributed by atoms with Crippen LogP contribution in [0.5, 0.6) is 0 Å². The van der Waals surface area contributed by atoms with Gasteiger partial charge in [-0.15, -0.1) is 34.3 Å². The molecule has 0 atom stereocenters. The summed E-state index contributed by atoms with van der Waals surface area (Å²) in [5, 5.41) is 5.54. The lowest BCUT2D eigenvalue weighted by Gasteiger charge is -2.02. The summed E-state index contributed by atoms with van der Waals surface area (Å²) in [7, 11) is 0. The van der Waals surface area contributed by atoms with Gasteiger partial charge in [0.15, 0.2) is 0 Å². The van der Waals surface area contributed by atoms with Crippen LogP contribution in [0.4, 0.5) is 0 Å². The normalized spacial score (nSPS) is 10.6. The number of aryl methyl sites for hydroxylation is 1.